The first kappa shape index (κ1) is 17.6. The summed E-state index contributed by atoms with van der Waals surface area (Å²) >= 11 is 0. The van der Waals surface area contributed by atoms with Crippen molar-refractivity contribution < 1.29 is 9.59 Å². The second kappa shape index (κ2) is 7.42. The predicted octanol–water partition coefficient (Wildman–Crippen LogP) is 3.36. The molecule has 1 saturated heterocycles. The van der Waals surface area contributed by atoms with E-state index in [1.807, 2.05) is 28.0 Å². The van der Waals surface area contributed by atoms with Gasteiger partial charge in [-0.1, -0.05) is 49.6 Å². The molecule has 0 aromatic heterocycles. The third kappa shape index (κ3) is 3.26. The van der Waals surface area contributed by atoms with Crippen LogP contribution in [0.5, 0.6) is 0 Å². The fourth-order valence-electron chi connectivity index (χ4n) is 4.97. The van der Waals surface area contributed by atoms with Crippen LogP contribution in [0.4, 0.5) is 0 Å². The van der Waals surface area contributed by atoms with Crippen LogP contribution in [0.3, 0.4) is 0 Å². The van der Waals surface area contributed by atoms with E-state index in [2.05, 4.69) is 12.1 Å². The van der Waals surface area contributed by atoms with Gasteiger partial charge in [0, 0.05) is 32.6 Å². The topological polar surface area (TPSA) is 40.6 Å². The van der Waals surface area contributed by atoms with Crippen LogP contribution in [-0.4, -0.2) is 47.8 Å². The molecule has 0 unspecified atom stereocenters. The highest BCUT2D eigenvalue weighted by Gasteiger charge is 2.48. The molecule has 4 rings (SSSR count). The fourth-order valence-corrected chi connectivity index (χ4v) is 4.97. The molecule has 2 amide bonds. The molecule has 0 bridgehead atoms. The number of piperazine rings is 1. The number of hydrogen-bond acceptors (Lipinski definition) is 2. The maximum Gasteiger partial charge on any atom is 0.233 e. The number of amides is 2. The molecule has 26 heavy (non-hydrogen) atoms. The van der Waals surface area contributed by atoms with Crippen molar-refractivity contribution in [3.63, 3.8) is 0 Å². The minimum Gasteiger partial charge on any atom is -0.339 e. The van der Waals surface area contributed by atoms with E-state index in [9.17, 15) is 9.59 Å². The molecule has 3 fully saturated rings. The monoisotopic (exact) mass is 354 g/mol. The van der Waals surface area contributed by atoms with Gasteiger partial charge in [0.25, 0.3) is 0 Å². The Balaban J connectivity index is 1.35. The molecule has 0 spiro atoms. The normalized spacial score (nSPS) is 22.9. The first-order valence-electron chi connectivity index (χ1n) is 10.3. The van der Waals surface area contributed by atoms with Crippen molar-refractivity contribution in [1.29, 1.82) is 0 Å². The number of carbonyl (C=O) groups excluding carboxylic acids is 2. The largest absolute Gasteiger partial charge is 0.339 e. The third-order valence-corrected chi connectivity index (χ3v) is 6.80. The van der Waals surface area contributed by atoms with Gasteiger partial charge in [0.05, 0.1) is 5.41 Å². The Kier molecular flexibility index (Phi) is 5.01. The van der Waals surface area contributed by atoms with Gasteiger partial charge in [-0.3, -0.25) is 9.59 Å². The van der Waals surface area contributed by atoms with Crippen LogP contribution in [0.2, 0.25) is 0 Å². The third-order valence-electron chi connectivity index (χ3n) is 6.80. The van der Waals surface area contributed by atoms with E-state index >= 15 is 0 Å². The van der Waals surface area contributed by atoms with Gasteiger partial charge in [0.15, 0.2) is 0 Å². The zero-order valence-corrected chi connectivity index (χ0v) is 15.7. The highest BCUT2D eigenvalue weighted by Crippen LogP contribution is 2.45. The summed E-state index contributed by atoms with van der Waals surface area (Å²) in [5.41, 5.74) is 0.855. The van der Waals surface area contributed by atoms with Crippen LogP contribution in [0.25, 0.3) is 0 Å². The standard InChI is InChI=1S/C22H30N2O2/c25-20(17-18-7-4-5-8-18)23-13-15-24(16-14-23)21(26)22(11-6-12-22)19-9-2-1-3-10-19/h1-3,9-10,18H,4-8,11-17H2. The van der Waals surface area contributed by atoms with E-state index in [4.69, 9.17) is 0 Å². The summed E-state index contributed by atoms with van der Waals surface area (Å²) < 4.78 is 0. The van der Waals surface area contributed by atoms with E-state index in [-0.39, 0.29) is 11.3 Å². The molecule has 1 aromatic carbocycles. The van der Waals surface area contributed by atoms with Crippen molar-refractivity contribution in [3.8, 4) is 0 Å². The maximum absolute atomic E-state index is 13.3. The molecular weight excluding hydrogens is 324 g/mol. The number of carbonyl (C=O) groups is 2. The van der Waals surface area contributed by atoms with Crippen LogP contribution in [0, 0.1) is 5.92 Å². The number of hydrogen-bond donors (Lipinski definition) is 0. The predicted molar refractivity (Wildman–Crippen MR) is 102 cm³/mol. The number of rotatable bonds is 4. The van der Waals surface area contributed by atoms with Crippen LogP contribution in [-0.2, 0) is 15.0 Å². The van der Waals surface area contributed by atoms with Crippen molar-refractivity contribution >= 4 is 11.8 Å². The van der Waals surface area contributed by atoms with Crippen molar-refractivity contribution in [2.75, 3.05) is 26.2 Å². The van der Waals surface area contributed by atoms with Gasteiger partial charge in [-0.2, -0.15) is 0 Å². The Morgan fingerprint density at radius 2 is 1.50 bits per heavy atom. The average Bonchev–Trinajstić information content (AvgIpc) is 3.15. The van der Waals surface area contributed by atoms with Gasteiger partial charge in [0.2, 0.25) is 11.8 Å². The Hall–Kier alpha value is -1.84. The second-order valence-corrected chi connectivity index (χ2v) is 8.33. The van der Waals surface area contributed by atoms with E-state index in [0.29, 0.717) is 44.4 Å². The van der Waals surface area contributed by atoms with Gasteiger partial charge < -0.3 is 9.80 Å². The lowest BCUT2D eigenvalue weighted by molar-refractivity contribution is -0.146. The molecule has 140 valence electrons. The quantitative estimate of drug-likeness (QED) is 0.832. The number of benzene rings is 1. The Morgan fingerprint density at radius 3 is 2.08 bits per heavy atom. The highest BCUT2D eigenvalue weighted by atomic mass is 16.2. The molecule has 2 saturated carbocycles. The zero-order chi connectivity index (χ0) is 18.0. The van der Waals surface area contributed by atoms with Crippen LogP contribution in [0.1, 0.15) is 56.9 Å². The lowest BCUT2D eigenvalue weighted by Crippen LogP contribution is -2.57. The zero-order valence-electron chi connectivity index (χ0n) is 15.7. The summed E-state index contributed by atoms with van der Waals surface area (Å²) in [4.78, 5) is 29.8. The Morgan fingerprint density at radius 1 is 0.885 bits per heavy atom. The minimum absolute atomic E-state index is 0.276. The van der Waals surface area contributed by atoms with Crippen molar-refractivity contribution in [2.45, 2.75) is 56.8 Å². The fraction of sp³-hybridized carbons (Fsp3) is 0.636. The lowest BCUT2D eigenvalue weighted by atomic mass is 9.63. The molecule has 0 atom stereocenters. The first-order valence-corrected chi connectivity index (χ1v) is 10.3. The molecule has 4 nitrogen and oxygen atoms in total. The van der Waals surface area contributed by atoms with Gasteiger partial charge in [0.1, 0.15) is 0 Å². The molecule has 3 aliphatic rings. The molecule has 4 heteroatoms. The van der Waals surface area contributed by atoms with Crippen molar-refractivity contribution in [1.82, 2.24) is 9.80 Å². The smallest absolute Gasteiger partial charge is 0.233 e. The second-order valence-electron chi connectivity index (χ2n) is 8.33. The minimum atomic E-state index is -0.308. The van der Waals surface area contributed by atoms with Crippen molar-refractivity contribution in [3.05, 3.63) is 35.9 Å². The van der Waals surface area contributed by atoms with Gasteiger partial charge in [-0.15, -0.1) is 0 Å². The van der Waals surface area contributed by atoms with Crippen molar-refractivity contribution in [2.24, 2.45) is 5.92 Å². The summed E-state index contributed by atoms with van der Waals surface area (Å²) in [6, 6.07) is 10.3. The van der Waals surface area contributed by atoms with Crippen LogP contribution < -0.4 is 0 Å². The highest BCUT2D eigenvalue weighted by molar-refractivity contribution is 5.89. The SMILES string of the molecule is O=C(CC1CCCC1)N1CCN(C(=O)C2(c3ccccc3)CCC2)CC1. The Bertz CT molecular complexity index is 639. The summed E-state index contributed by atoms with van der Waals surface area (Å²) in [5, 5.41) is 0. The molecule has 1 aliphatic heterocycles. The molecule has 1 aromatic rings. The van der Waals surface area contributed by atoms with Crippen LogP contribution in [0.15, 0.2) is 30.3 Å². The van der Waals surface area contributed by atoms with Gasteiger partial charge >= 0.3 is 0 Å². The number of nitrogens with zero attached hydrogens (tertiary/aromatic N) is 2. The van der Waals surface area contributed by atoms with Gasteiger partial charge in [-0.05, 0) is 37.2 Å². The van der Waals surface area contributed by atoms with Crippen LogP contribution >= 0.6 is 0 Å². The summed E-state index contributed by atoms with van der Waals surface area (Å²) in [5.74, 6) is 1.17. The van der Waals surface area contributed by atoms with Gasteiger partial charge in [-0.25, -0.2) is 0 Å². The summed E-state index contributed by atoms with van der Waals surface area (Å²) in [7, 11) is 0. The molecule has 0 radical (unpaired) electrons. The summed E-state index contributed by atoms with van der Waals surface area (Å²) in [6.07, 6.45) is 8.73. The molecule has 1 heterocycles. The lowest BCUT2D eigenvalue weighted by Gasteiger charge is -2.46. The average molecular weight is 354 g/mol. The molecular formula is C22H30N2O2. The van der Waals surface area contributed by atoms with E-state index in [1.165, 1.54) is 25.7 Å². The first-order chi connectivity index (χ1) is 12.7. The summed E-state index contributed by atoms with van der Waals surface area (Å²) in [6.45, 7) is 2.76. The molecule has 0 N–H and O–H groups in total. The maximum atomic E-state index is 13.3. The van der Waals surface area contributed by atoms with E-state index in [0.717, 1.165) is 24.8 Å². The Labute approximate surface area is 156 Å². The van der Waals surface area contributed by atoms with E-state index < -0.39 is 0 Å². The molecule has 2 aliphatic carbocycles. The van der Waals surface area contributed by atoms with E-state index in [1.54, 1.807) is 0 Å².